The van der Waals surface area contributed by atoms with Crippen LogP contribution in [-0.4, -0.2) is 16.9 Å². The van der Waals surface area contributed by atoms with Crippen LogP contribution in [-0.2, 0) is 17.8 Å². The molecule has 0 aliphatic carbocycles. The molecule has 0 aliphatic heterocycles. The van der Waals surface area contributed by atoms with E-state index in [1.165, 1.54) is 0 Å². The minimum atomic E-state index is -0.439. The van der Waals surface area contributed by atoms with Crippen LogP contribution in [0.15, 0.2) is 10.6 Å². The van der Waals surface area contributed by atoms with E-state index in [-0.39, 0.29) is 5.91 Å². The largest absolute Gasteiger partial charge is 0.444 e. The van der Waals surface area contributed by atoms with Gasteiger partial charge in [-0.2, -0.15) is 0 Å². The molecule has 5 heteroatoms. The molecular weight excluding hydrogens is 206 g/mol. The van der Waals surface area contributed by atoms with Crippen molar-refractivity contribution >= 4 is 5.91 Å². The third-order valence-electron chi connectivity index (χ3n) is 2.30. The molecule has 90 valence electrons. The Morgan fingerprint density at radius 3 is 2.94 bits per heavy atom. The van der Waals surface area contributed by atoms with Crippen LogP contribution in [0, 0.1) is 0 Å². The van der Waals surface area contributed by atoms with Gasteiger partial charge in [0.25, 0.3) is 0 Å². The summed E-state index contributed by atoms with van der Waals surface area (Å²) in [6.07, 6.45) is 4.06. The second-order valence-corrected chi connectivity index (χ2v) is 3.69. The van der Waals surface area contributed by atoms with E-state index in [9.17, 15) is 4.79 Å². The minimum Gasteiger partial charge on any atom is -0.444 e. The fourth-order valence-electron chi connectivity index (χ4n) is 1.33. The van der Waals surface area contributed by atoms with Gasteiger partial charge in [-0.05, 0) is 6.42 Å². The summed E-state index contributed by atoms with van der Waals surface area (Å²) >= 11 is 0. The molecule has 3 N–H and O–H groups in total. The van der Waals surface area contributed by atoms with E-state index in [2.05, 4.69) is 10.3 Å². The van der Waals surface area contributed by atoms with Crippen LogP contribution in [0.5, 0.6) is 0 Å². The van der Waals surface area contributed by atoms with Crippen molar-refractivity contribution in [2.45, 2.75) is 45.7 Å². The van der Waals surface area contributed by atoms with Crippen LogP contribution in [0.25, 0.3) is 0 Å². The lowest BCUT2D eigenvalue weighted by atomic mass is 10.2. The van der Waals surface area contributed by atoms with Crippen LogP contribution >= 0.6 is 0 Å². The topological polar surface area (TPSA) is 81.2 Å². The highest BCUT2D eigenvalue weighted by atomic mass is 16.4. The average Bonchev–Trinajstić information content (AvgIpc) is 2.74. The molecule has 1 aromatic rings. The maximum Gasteiger partial charge on any atom is 0.237 e. The number of carbonyl (C=O) groups is 1. The molecule has 1 rings (SSSR count). The number of aromatic nitrogens is 1. The summed E-state index contributed by atoms with van der Waals surface area (Å²) in [6.45, 7) is 4.28. The lowest BCUT2D eigenvalue weighted by molar-refractivity contribution is -0.122. The Kier molecular flexibility index (Phi) is 4.98. The Morgan fingerprint density at radius 1 is 1.62 bits per heavy atom. The third kappa shape index (κ3) is 3.66. The fraction of sp³-hybridized carbons (Fsp3) is 0.636. The van der Waals surface area contributed by atoms with Gasteiger partial charge in [-0.1, -0.05) is 20.3 Å². The predicted octanol–water partition coefficient (Wildman–Crippen LogP) is 0.981. The van der Waals surface area contributed by atoms with Crippen molar-refractivity contribution in [3.63, 3.8) is 0 Å². The summed E-state index contributed by atoms with van der Waals surface area (Å²) in [4.78, 5) is 15.5. The van der Waals surface area contributed by atoms with Crippen molar-refractivity contribution < 1.29 is 9.21 Å². The van der Waals surface area contributed by atoms with Crippen LogP contribution in [0.2, 0.25) is 0 Å². The molecule has 0 fully saturated rings. The Bertz CT molecular complexity index is 336. The average molecular weight is 225 g/mol. The summed E-state index contributed by atoms with van der Waals surface area (Å²) < 4.78 is 5.36. The number of rotatable bonds is 6. The van der Waals surface area contributed by atoms with Gasteiger partial charge in [0.05, 0.1) is 18.8 Å². The summed E-state index contributed by atoms with van der Waals surface area (Å²) in [5, 5.41) is 2.70. The predicted molar refractivity (Wildman–Crippen MR) is 60.6 cm³/mol. The molecule has 5 nitrogen and oxygen atoms in total. The highest BCUT2D eigenvalue weighted by Gasteiger charge is 2.12. The molecule has 0 aliphatic rings. The Morgan fingerprint density at radius 2 is 2.38 bits per heavy atom. The number of nitrogens with two attached hydrogens (primary N) is 1. The molecule has 0 radical (unpaired) electrons. The first kappa shape index (κ1) is 12.7. The molecule has 0 bridgehead atoms. The number of hydrogen-bond acceptors (Lipinski definition) is 4. The first-order chi connectivity index (χ1) is 7.67. The normalized spacial score (nSPS) is 12.4. The molecule has 0 aromatic carbocycles. The van der Waals surface area contributed by atoms with Gasteiger partial charge in [-0.25, -0.2) is 4.98 Å². The molecule has 0 spiro atoms. The van der Waals surface area contributed by atoms with E-state index in [0.29, 0.717) is 18.9 Å². The Labute approximate surface area is 95.4 Å². The van der Waals surface area contributed by atoms with E-state index in [1.807, 2.05) is 13.8 Å². The van der Waals surface area contributed by atoms with Crippen molar-refractivity contribution in [3.05, 3.63) is 17.8 Å². The van der Waals surface area contributed by atoms with E-state index in [1.54, 1.807) is 6.20 Å². The summed E-state index contributed by atoms with van der Waals surface area (Å²) in [7, 11) is 0. The van der Waals surface area contributed by atoms with Crippen LogP contribution in [0.3, 0.4) is 0 Å². The monoisotopic (exact) mass is 225 g/mol. The van der Waals surface area contributed by atoms with Crippen LogP contribution in [0.1, 0.15) is 38.3 Å². The summed E-state index contributed by atoms with van der Waals surface area (Å²) in [5.41, 5.74) is 5.66. The first-order valence-corrected chi connectivity index (χ1v) is 5.64. The van der Waals surface area contributed by atoms with Crippen molar-refractivity contribution in [3.8, 4) is 0 Å². The van der Waals surface area contributed by atoms with Gasteiger partial charge in [0.2, 0.25) is 11.8 Å². The van der Waals surface area contributed by atoms with Crippen molar-refractivity contribution in [2.75, 3.05) is 0 Å². The molecule has 16 heavy (non-hydrogen) atoms. The van der Waals surface area contributed by atoms with Gasteiger partial charge in [-0.15, -0.1) is 0 Å². The highest BCUT2D eigenvalue weighted by molar-refractivity contribution is 5.81. The molecule has 0 saturated heterocycles. The second kappa shape index (κ2) is 6.27. The summed E-state index contributed by atoms with van der Waals surface area (Å²) in [6, 6.07) is -0.439. The number of nitrogens with one attached hydrogen (secondary N) is 1. The highest BCUT2D eigenvalue weighted by Crippen LogP contribution is 2.03. The molecule has 0 saturated carbocycles. The van der Waals surface area contributed by atoms with Gasteiger partial charge in [0, 0.05) is 6.42 Å². The van der Waals surface area contributed by atoms with Crippen molar-refractivity contribution in [1.82, 2.24) is 10.3 Å². The zero-order valence-electron chi connectivity index (χ0n) is 9.82. The summed E-state index contributed by atoms with van der Waals surface area (Å²) in [5.74, 6) is 1.19. The Hall–Kier alpha value is -1.36. The van der Waals surface area contributed by atoms with E-state index in [4.69, 9.17) is 10.2 Å². The molecular formula is C11H19N3O2. The Balaban J connectivity index is 2.36. The van der Waals surface area contributed by atoms with Crippen LogP contribution < -0.4 is 11.1 Å². The number of amides is 1. The SMILES string of the molecule is CCC[C@@H](N)C(=O)NCc1ncc(CC)o1. The van der Waals surface area contributed by atoms with Gasteiger partial charge in [0.1, 0.15) is 5.76 Å². The number of carbonyl (C=O) groups excluding carboxylic acids is 1. The first-order valence-electron chi connectivity index (χ1n) is 5.64. The number of oxazole rings is 1. The zero-order valence-corrected chi connectivity index (χ0v) is 9.82. The van der Waals surface area contributed by atoms with Gasteiger partial charge < -0.3 is 15.5 Å². The molecule has 1 aromatic heterocycles. The lowest BCUT2D eigenvalue weighted by Crippen LogP contribution is -2.40. The number of aryl methyl sites for hydroxylation is 1. The van der Waals surface area contributed by atoms with Crippen LogP contribution in [0.4, 0.5) is 0 Å². The van der Waals surface area contributed by atoms with Gasteiger partial charge in [-0.3, -0.25) is 4.79 Å². The fourth-order valence-corrected chi connectivity index (χ4v) is 1.33. The van der Waals surface area contributed by atoms with E-state index >= 15 is 0 Å². The van der Waals surface area contributed by atoms with Crippen molar-refractivity contribution in [2.24, 2.45) is 5.73 Å². The van der Waals surface area contributed by atoms with E-state index < -0.39 is 6.04 Å². The minimum absolute atomic E-state index is 0.155. The number of hydrogen-bond donors (Lipinski definition) is 2. The van der Waals surface area contributed by atoms with Gasteiger partial charge in [0.15, 0.2) is 0 Å². The molecule has 1 atom stereocenters. The van der Waals surface area contributed by atoms with E-state index in [0.717, 1.165) is 18.6 Å². The maximum atomic E-state index is 11.5. The maximum absolute atomic E-state index is 11.5. The lowest BCUT2D eigenvalue weighted by Gasteiger charge is -2.09. The third-order valence-corrected chi connectivity index (χ3v) is 2.30. The number of nitrogens with zero attached hydrogens (tertiary/aromatic N) is 1. The molecule has 1 heterocycles. The molecule has 0 unspecified atom stereocenters. The quantitative estimate of drug-likeness (QED) is 0.756. The standard InChI is InChI=1S/C11H19N3O2/c1-3-5-9(12)11(15)14-7-10-13-6-8(4-2)16-10/h6,9H,3-5,7,12H2,1-2H3,(H,14,15)/t9-/m1/s1. The smallest absolute Gasteiger partial charge is 0.237 e. The molecule has 1 amide bonds. The van der Waals surface area contributed by atoms with Crippen molar-refractivity contribution in [1.29, 1.82) is 0 Å². The van der Waals surface area contributed by atoms with Gasteiger partial charge >= 0.3 is 0 Å². The zero-order chi connectivity index (χ0) is 12.0. The second-order valence-electron chi connectivity index (χ2n) is 3.69.